The molecular weight excluding hydrogens is 544 g/mol. The summed E-state index contributed by atoms with van der Waals surface area (Å²) in [5.74, 6) is -0.316. The normalized spacial score (nSPS) is 17.4. The summed E-state index contributed by atoms with van der Waals surface area (Å²) < 4.78 is 29.1. The fraction of sp³-hybridized carbons (Fsp3) is 0.400. The third-order valence-electron chi connectivity index (χ3n) is 7.73. The van der Waals surface area contributed by atoms with E-state index < -0.39 is 22.2 Å². The summed E-state index contributed by atoms with van der Waals surface area (Å²) in [6.45, 7) is 2.84. The number of aromatic nitrogens is 1. The van der Waals surface area contributed by atoms with Crippen LogP contribution in [0.4, 0.5) is 5.69 Å². The number of nitrogens with zero attached hydrogens (tertiary/aromatic N) is 2. The van der Waals surface area contributed by atoms with Gasteiger partial charge in [-0.15, -0.1) is 0 Å². The number of amides is 1. The van der Waals surface area contributed by atoms with Crippen molar-refractivity contribution in [3.05, 3.63) is 77.5 Å². The molecule has 2 atom stereocenters. The lowest BCUT2D eigenvalue weighted by Gasteiger charge is -2.26. The summed E-state index contributed by atoms with van der Waals surface area (Å²) in [5, 5.41) is 25.4. The Morgan fingerprint density at radius 2 is 1.85 bits per heavy atom. The molecule has 1 aliphatic carbocycles. The van der Waals surface area contributed by atoms with Crippen molar-refractivity contribution in [1.29, 1.82) is 0 Å². The maximum absolute atomic E-state index is 13.7. The smallest absolute Gasteiger partial charge is 0.290 e. The first-order valence-corrected chi connectivity index (χ1v) is 15.4. The molecule has 2 aromatic carbocycles. The fourth-order valence-electron chi connectivity index (χ4n) is 5.46. The molecule has 0 unspecified atom stereocenters. The monoisotopic (exact) mass is 582 g/mol. The Hall–Kier alpha value is -3.67. The highest BCUT2D eigenvalue weighted by Crippen LogP contribution is 2.37. The van der Waals surface area contributed by atoms with E-state index in [1.807, 2.05) is 49.5 Å². The molecule has 11 heteroatoms. The first-order chi connectivity index (χ1) is 19.7. The van der Waals surface area contributed by atoms with Crippen molar-refractivity contribution in [2.24, 2.45) is 0 Å². The van der Waals surface area contributed by atoms with Gasteiger partial charge in [-0.3, -0.25) is 13.9 Å². The molecule has 2 aliphatic rings. The summed E-state index contributed by atoms with van der Waals surface area (Å²) in [6, 6.07) is 13.1. The molecule has 41 heavy (non-hydrogen) atoms. The zero-order valence-corrected chi connectivity index (χ0v) is 24.2. The van der Waals surface area contributed by atoms with Crippen LogP contribution in [-0.2, 0) is 34.2 Å². The second-order valence-electron chi connectivity index (χ2n) is 10.4. The van der Waals surface area contributed by atoms with E-state index in [9.17, 15) is 18.3 Å². The van der Waals surface area contributed by atoms with Crippen LogP contribution in [0.25, 0.3) is 10.9 Å². The number of aliphatic hydroxyl groups excluding tert-OH is 1. The highest BCUT2D eigenvalue weighted by molar-refractivity contribution is 7.92. The van der Waals surface area contributed by atoms with E-state index in [4.69, 9.17) is 9.90 Å². The number of rotatable bonds is 9. The van der Waals surface area contributed by atoms with Gasteiger partial charge in [0, 0.05) is 43.3 Å². The number of aryl methyl sites for hydroxylation is 2. The molecule has 0 saturated heterocycles. The highest BCUT2D eigenvalue weighted by Gasteiger charge is 2.30. The van der Waals surface area contributed by atoms with Gasteiger partial charge in [0.05, 0.1) is 29.1 Å². The minimum absolute atomic E-state index is 0.0252. The van der Waals surface area contributed by atoms with Crippen molar-refractivity contribution < 1.29 is 28.2 Å². The van der Waals surface area contributed by atoms with Gasteiger partial charge < -0.3 is 25.4 Å². The molecule has 10 nitrogen and oxygen atoms in total. The van der Waals surface area contributed by atoms with Gasteiger partial charge >= 0.3 is 0 Å². The largest absolute Gasteiger partial charge is 0.483 e. The zero-order chi connectivity index (χ0) is 29.6. The van der Waals surface area contributed by atoms with Gasteiger partial charge in [-0.1, -0.05) is 42.5 Å². The molecule has 3 aromatic rings. The Kier molecular flexibility index (Phi) is 9.85. The van der Waals surface area contributed by atoms with E-state index >= 15 is 0 Å². The average molecular weight is 583 g/mol. The summed E-state index contributed by atoms with van der Waals surface area (Å²) in [7, 11) is -1.95. The molecule has 1 aliphatic heterocycles. The number of sulfonamides is 1. The van der Waals surface area contributed by atoms with Crippen molar-refractivity contribution in [2.45, 2.75) is 57.3 Å². The summed E-state index contributed by atoms with van der Waals surface area (Å²) in [4.78, 5) is 22.0. The van der Waals surface area contributed by atoms with Gasteiger partial charge in [0.15, 0.2) is 0 Å². The molecular formula is C30H38N4O6S. The quantitative estimate of drug-likeness (QED) is 0.225. The van der Waals surface area contributed by atoms with Crippen LogP contribution in [0.1, 0.15) is 41.3 Å². The Bertz CT molecular complexity index is 1490. The number of carbonyl (C=O) groups excluding carboxylic acids is 1. The van der Waals surface area contributed by atoms with E-state index in [2.05, 4.69) is 27.4 Å². The average Bonchev–Trinajstić information content (AvgIpc) is 3.60. The molecule has 0 fully saturated rings. The van der Waals surface area contributed by atoms with Crippen LogP contribution in [0.3, 0.4) is 0 Å². The second kappa shape index (κ2) is 13.3. The molecule has 1 aromatic heterocycles. The van der Waals surface area contributed by atoms with Crippen molar-refractivity contribution in [3.8, 4) is 0 Å². The first-order valence-electron chi connectivity index (χ1n) is 13.8. The predicted octanol–water partition coefficient (Wildman–Crippen LogP) is 2.69. The Morgan fingerprint density at radius 1 is 1.17 bits per heavy atom. The van der Waals surface area contributed by atoms with Crippen LogP contribution in [0.15, 0.2) is 60.8 Å². The molecule has 5 rings (SSSR count). The van der Waals surface area contributed by atoms with Gasteiger partial charge in [0.1, 0.15) is 0 Å². The van der Waals surface area contributed by atoms with Crippen LogP contribution >= 0.6 is 0 Å². The Labute approximate surface area is 240 Å². The van der Waals surface area contributed by atoms with Gasteiger partial charge in [-0.05, 0) is 55.9 Å². The maximum atomic E-state index is 13.7. The van der Waals surface area contributed by atoms with E-state index in [1.54, 1.807) is 13.1 Å². The third-order valence-corrected chi connectivity index (χ3v) is 9.48. The molecule has 0 radical (unpaired) electrons. The van der Waals surface area contributed by atoms with E-state index in [0.717, 1.165) is 34.9 Å². The minimum Gasteiger partial charge on any atom is -0.483 e. The number of carbonyl (C=O) groups is 2. The molecule has 0 saturated carbocycles. The molecule has 220 valence electrons. The Morgan fingerprint density at radius 3 is 2.51 bits per heavy atom. The van der Waals surface area contributed by atoms with E-state index in [1.165, 1.54) is 4.31 Å². The molecule has 4 N–H and O–H groups in total. The lowest BCUT2D eigenvalue weighted by molar-refractivity contribution is -0.122. The first kappa shape index (κ1) is 30.3. The SMILES string of the molecule is CCn1cc2c3c(cc(C(=O)N[C@@H](Cc4ccccc4)[C@H](O)CNC4CC=CC4)cc31)N(C)S(=O)(=O)CC2.O=CO. The van der Waals surface area contributed by atoms with Gasteiger partial charge in [0.25, 0.3) is 12.4 Å². The number of hydrogen-bond acceptors (Lipinski definition) is 6. The second-order valence-corrected chi connectivity index (χ2v) is 12.5. The lowest BCUT2D eigenvalue weighted by atomic mass is 9.99. The minimum atomic E-state index is -3.50. The van der Waals surface area contributed by atoms with Crippen molar-refractivity contribution >= 4 is 39.0 Å². The van der Waals surface area contributed by atoms with Crippen LogP contribution in [0.2, 0.25) is 0 Å². The molecule has 0 bridgehead atoms. The number of nitrogens with one attached hydrogen (secondary N) is 2. The Balaban J connectivity index is 0.00000124. The van der Waals surface area contributed by atoms with Crippen molar-refractivity contribution in [1.82, 2.24) is 15.2 Å². The van der Waals surface area contributed by atoms with E-state index in [0.29, 0.717) is 43.2 Å². The van der Waals surface area contributed by atoms with Crippen LogP contribution < -0.4 is 14.9 Å². The number of benzene rings is 2. The van der Waals surface area contributed by atoms with Crippen LogP contribution in [0.5, 0.6) is 0 Å². The lowest BCUT2D eigenvalue weighted by Crippen LogP contribution is -2.49. The summed E-state index contributed by atoms with van der Waals surface area (Å²) in [5.41, 5.74) is 3.71. The topological polar surface area (TPSA) is 141 Å². The number of anilines is 1. The van der Waals surface area contributed by atoms with Gasteiger partial charge in [-0.25, -0.2) is 8.42 Å². The van der Waals surface area contributed by atoms with Gasteiger partial charge in [0.2, 0.25) is 10.0 Å². The highest BCUT2D eigenvalue weighted by atomic mass is 32.2. The third kappa shape index (κ3) is 6.98. The zero-order valence-electron chi connectivity index (χ0n) is 23.4. The number of aliphatic hydroxyl groups is 1. The summed E-state index contributed by atoms with van der Waals surface area (Å²) >= 11 is 0. The van der Waals surface area contributed by atoms with Crippen LogP contribution in [0, 0.1) is 0 Å². The van der Waals surface area contributed by atoms with Crippen molar-refractivity contribution in [3.63, 3.8) is 0 Å². The standard InChI is InChI=1S/C29H36N4O4S.CH2O2/c1-3-33-19-21-13-14-38(36,37)32(2)25-16-22(17-26(33)28(21)25)29(35)31-24(15-20-9-5-4-6-10-20)27(34)18-30-23-11-7-8-12-23;2-1-3/h4-10,16-17,19,23-24,27,30,34H,3,11-15,18H2,1-2H3,(H,31,35);1H,(H,2,3)/t24-,27+;/m0./s1. The fourth-order valence-corrected chi connectivity index (χ4v) is 6.66. The predicted molar refractivity (Wildman–Crippen MR) is 160 cm³/mol. The summed E-state index contributed by atoms with van der Waals surface area (Å²) in [6.07, 6.45) is 8.22. The van der Waals surface area contributed by atoms with E-state index in [-0.39, 0.29) is 18.1 Å². The van der Waals surface area contributed by atoms with Gasteiger partial charge in [-0.2, -0.15) is 0 Å². The molecule has 0 spiro atoms. The number of hydrogen-bond donors (Lipinski definition) is 4. The molecule has 2 heterocycles. The van der Waals surface area contributed by atoms with Crippen LogP contribution in [-0.4, -0.2) is 73.1 Å². The maximum Gasteiger partial charge on any atom is 0.290 e. The number of carboxylic acid groups (broad SMARTS) is 1. The molecule has 1 amide bonds. The van der Waals surface area contributed by atoms with Crippen molar-refractivity contribution in [2.75, 3.05) is 23.7 Å².